The van der Waals surface area contributed by atoms with Crippen LogP contribution in [0.15, 0.2) is 53.6 Å². The molecule has 4 rings (SSSR count). The first-order valence-corrected chi connectivity index (χ1v) is 12.5. The van der Waals surface area contributed by atoms with Crippen LogP contribution < -0.4 is 15.5 Å². The first-order chi connectivity index (χ1) is 17.9. The van der Waals surface area contributed by atoms with E-state index < -0.39 is 23.8 Å². The zero-order chi connectivity index (χ0) is 26.4. The van der Waals surface area contributed by atoms with Gasteiger partial charge in [-0.25, -0.2) is 15.0 Å². The van der Waals surface area contributed by atoms with Crippen molar-refractivity contribution in [3.05, 3.63) is 80.7 Å². The molecule has 3 aromatic rings. The number of hydrogen-bond acceptors (Lipinski definition) is 8. The molecule has 0 atom stereocenters. The van der Waals surface area contributed by atoms with Gasteiger partial charge in [0.1, 0.15) is 10.8 Å². The summed E-state index contributed by atoms with van der Waals surface area (Å²) in [5.41, 5.74) is 4.00. The highest BCUT2D eigenvalue weighted by molar-refractivity contribution is 7.17. The third-order valence-electron chi connectivity index (χ3n) is 5.57. The van der Waals surface area contributed by atoms with Gasteiger partial charge in [-0.3, -0.25) is 9.59 Å². The van der Waals surface area contributed by atoms with Crippen molar-refractivity contribution in [2.24, 2.45) is 5.10 Å². The van der Waals surface area contributed by atoms with Crippen LogP contribution >= 0.6 is 22.9 Å². The zero-order valence-electron chi connectivity index (χ0n) is 19.7. The van der Waals surface area contributed by atoms with E-state index in [2.05, 4.69) is 15.8 Å². The lowest BCUT2D eigenvalue weighted by Crippen LogP contribution is -2.32. The fourth-order valence-electron chi connectivity index (χ4n) is 3.77. The Morgan fingerprint density at radius 3 is 2.46 bits per heavy atom. The summed E-state index contributed by atoms with van der Waals surface area (Å²) in [6, 6.07) is 12.8. The summed E-state index contributed by atoms with van der Waals surface area (Å²) in [6.07, 6.45) is 4.70. The van der Waals surface area contributed by atoms with E-state index >= 15 is 0 Å². The van der Waals surface area contributed by atoms with Crippen LogP contribution in [0.3, 0.4) is 0 Å². The minimum absolute atomic E-state index is 0.205. The van der Waals surface area contributed by atoms with Crippen LogP contribution in [0.1, 0.15) is 49.6 Å². The number of thiophene rings is 1. The lowest BCUT2D eigenvalue weighted by molar-refractivity contribution is -0.136. The van der Waals surface area contributed by atoms with Crippen molar-refractivity contribution < 1.29 is 28.7 Å². The van der Waals surface area contributed by atoms with E-state index in [1.807, 2.05) is 0 Å². The SMILES string of the molecule is COC(=O)c1c(NC(=O)C(=O)N/N=C/c2ccccc2OC(=O)c2ccc(Cl)cc2)sc2c1CCCC2. The number of nitrogens with zero attached hydrogens (tertiary/aromatic N) is 1. The first-order valence-electron chi connectivity index (χ1n) is 11.3. The number of carbonyl (C=O) groups excluding carboxylic acids is 4. The lowest BCUT2D eigenvalue weighted by Gasteiger charge is -2.11. The minimum Gasteiger partial charge on any atom is -0.465 e. The summed E-state index contributed by atoms with van der Waals surface area (Å²) in [5.74, 6) is -2.96. The Balaban J connectivity index is 1.41. The molecule has 2 aromatic carbocycles. The molecule has 1 heterocycles. The number of benzene rings is 2. The van der Waals surface area contributed by atoms with Crippen LogP contribution in [0.5, 0.6) is 5.75 Å². The van der Waals surface area contributed by atoms with Gasteiger partial charge in [0.15, 0.2) is 0 Å². The van der Waals surface area contributed by atoms with E-state index in [9.17, 15) is 19.2 Å². The molecule has 1 aliphatic carbocycles. The quantitative estimate of drug-likeness (QED) is 0.158. The molecule has 0 saturated heterocycles. The summed E-state index contributed by atoms with van der Waals surface area (Å²) in [7, 11) is 1.27. The Labute approximate surface area is 221 Å². The summed E-state index contributed by atoms with van der Waals surface area (Å²) in [6.45, 7) is 0. The number of anilines is 1. The summed E-state index contributed by atoms with van der Waals surface area (Å²) < 4.78 is 10.3. The Morgan fingerprint density at radius 1 is 0.973 bits per heavy atom. The monoisotopic (exact) mass is 539 g/mol. The number of hydrazone groups is 1. The lowest BCUT2D eigenvalue weighted by atomic mass is 9.95. The maximum atomic E-state index is 12.5. The third-order valence-corrected chi connectivity index (χ3v) is 7.02. The van der Waals surface area contributed by atoms with E-state index in [1.165, 1.54) is 36.8 Å². The number of halogens is 1. The van der Waals surface area contributed by atoms with Crippen LogP contribution in [0.25, 0.3) is 0 Å². The van der Waals surface area contributed by atoms with Crippen LogP contribution in [0.2, 0.25) is 5.02 Å². The molecule has 190 valence electrons. The van der Waals surface area contributed by atoms with E-state index in [0.29, 0.717) is 28.1 Å². The minimum atomic E-state index is -1.03. The fourth-order valence-corrected chi connectivity index (χ4v) is 5.17. The van der Waals surface area contributed by atoms with Crippen LogP contribution in [0.4, 0.5) is 5.00 Å². The number of esters is 2. The van der Waals surface area contributed by atoms with E-state index in [-0.39, 0.29) is 10.8 Å². The third kappa shape index (κ3) is 6.22. The maximum Gasteiger partial charge on any atom is 0.343 e. The zero-order valence-corrected chi connectivity index (χ0v) is 21.3. The van der Waals surface area contributed by atoms with Gasteiger partial charge in [-0.1, -0.05) is 23.7 Å². The van der Waals surface area contributed by atoms with Crippen molar-refractivity contribution in [2.45, 2.75) is 25.7 Å². The molecule has 0 fully saturated rings. The molecular formula is C26H22ClN3O6S. The van der Waals surface area contributed by atoms with Crippen molar-refractivity contribution >= 4 is 57.9 Å². The highest BCUT2D eigenvalue weighted by Gasteiger charge is 2.28. The smallest absolute Gasteiger partial charge is 0.343 e. The number of hydrogen-bond donors (Lipinski definition) is 2. The highest BCUT2D eigenvalue weighted by Crippen LogP contribution is 2.38. The van der Waals surface area contributed by atoms with Gasteiger partial charge in [-0.05, 0) is 67.6 Å². The van der Waals surface area contributed by atoms with Crippen molar-refractivity contribution in [1.82, 2.24) is 5.43 Å². The largest absolute Gasteiger partial charge is 0.465 e. The Bertz CT molecular complexity index is 1380. The fraction of sp³-hybridized carbons (Fsp3) is 0.192. The van der Waals surface area contributed by atoms with Gasteiger partial charge in [-0.2, -0.15) is 5.10 Å². The first kappa shape index (κ1) is 26.1. The molecule has 9 nitrogen and oxygen atoms in total. The molecule has 1 aromatic heterocycles. The average Bonchev–Trinajstić information content (AvgIpc) is 3.27. The molecule has 0 saturated carbocycles. The molecule has 2 amide bonds. The van der Waals surface area contributed by atoms with Crippen molar-refractivity contribution in [3.63, 3.8) is 0 Å². The Kier molecular flexibility index (Phi) is 8.32. The molecule has 11 heteroatoms. The second-order valence-corrected chi connectivity index (χ2v) is 9.54. The van der Waals surface area contributed by atoms with Gasteiger partial charge in [0.25, 0.3) is 0 Å². The van der Waals surface area contributed by atoms with Gasteiger partial charge in [0, 0.05) is 15.5 Å². The Morgan fingerprint density at radius 2 is 1.70 bits per heavy atom. The number of ether oxygens (including phenoxy) is 2. The predicted octanol–water partition coefficient (Wildman–Crippen LogP) is 4.37. The maximum absolute atomic E-state index is 12.5. The number of nitrogens with one attached hydrogen (secondary N) is 2. The number of methoxy groups -OCH3 is 1. The topological polar surface area (TPSA) is 123 Å². The molecule has 37 heavy (non-hydrogen) atoms. The van der Waals surface area contributed by atoms with Gasteiger partial charge in [0.2, 0.25) is 0 Å². The number of carbonyl (C=O) groups is 4. The standard InChI is InChI=1S/C26H22ClN3O6S/c1-35-26(34)21-18-7-3-5-9-20(18)37-24(21)29-22(31)23(32)30-28-14-16-6-2-4-8-19(16)36-25(33)15-10-12-17(27)13-11-15/h2,4,6,8,10-14H,3,5,7,9H2,1H3,(H,29,31)(H,30,32)/b28-14+. The van der Waals surface area contributed by atoms with E-state index in [4.69, 9.17) is 21.1 Å². The summed E-state index contributed by atoms with van der Waals surface area (Å²) in [4.78, 5) is 50.6. The molecule has 0 aliphatic heterocycles. The number of amides is 2. The molecule has 0 radical (unpaired) electrons. The van der Waals surface area contributed by atoms with Crippen molar-refractivity contribution in [1.29, 1.82) is 0 Å². The number of aryl methyl sites for hydroxylation is 1. The summed E-state index contributed by atoms with van der Waals surface area (Å²) >= 11 is 7.12. The number of fused-ring (bicyclic) bond motifs is 1. The van der Waals surface area contributed by atoms with Crippen molar-refractivity contribution in [3.8, 4) is 5.75 Å². The average molecular weight is 540 g/mol. The Hall–Kier alpha value is -4.02. The molecule has 0 bridgehead atoms. The normalized spacial score (nSPS) is 12.5. The van der Waals surface area contributed by atoms with Gasteiger partial charge >= 0.3 is 23.8 Å². The second kappa shape index (κ2) is 11.8. The highest BCUT2D eigenvalue weighted by atomic mass is 35.5. The molecule has 0 unspecified atom stereocenters. The van der Waals surface area contributed by atoms with Crippen molar-refractivity contribution in [2.75, 3.05) is 12.4 Å². The number of rotatable bonds is 6. The van der Waals surface area contributed by atoms with Gasteiger partial charge < -0.3 is 14.8 Å². The molecule has 2 N–H and O–H groups in total. The summed E-state index contributed by atoms with van der Waals surface area (Å²) in [5, 5.41) is 7.09. The molecule has 1 aliphatic rings. The number of para-hydroxylation sites is 1. The van der Waals surface area contributed by atoms with Gasteiger partial charge in [-0.15, -0.1) is 11.3 Å². The van der Waals surface area contributed by atoms with Crippen LogP contribution in [0, 0.1) is 0 Å². The molecule has 0 spiro atoms. The van der Waals surface area contributed by atoms with Crippen LogP contribution in [-0.2, 0) is 27.2 Å². The molecular weight excluding hydrogens is 518 g/mol. The van der Waals surface area contributed by atoms with E-state index in [1.54, 1.807) is 36.4 Å². The predicted molar refractivity (Wildman–Crippen MR) is 140 cm³/mol. The second-order valence-electron chi connectivity index (χ2n) is 7.99. The van der Waals surface area contributed by atoms with Gasteiger partial charge in [0.05, 0.1) is 24.5 Å². The van der Waals surface area contributed by atoms with Crippen LogP contribution in [-0.4, -0.2) is 37.1 Å². The van der Waals surface area contributed by atoms with E-state index in [0.717, 1.165) is 29.7 Å².